The first-order chi connectivity index (χ1) is 10.2. The molecule has 1 rings (SSSR count). The predicted molar refractivity (Wildman–Crippen MR) is 90.2 cm³/mol. The highest BCUT2D eigenvalue weighted by Gasteiger charge is 2.17. The van der Waals surface area contributed by atoms with Crippen LogP contribution < -0.4 is 11.1 Å². The Morgan fingerprint density at radius 3 is 1.95 bits per heavy atom. The van der Waals surface area contributed by atoms with Crippen LogP contribution in [0.25, 0.3) is 0 Å². The van der Waals surface area contributed by atoms with Crippen LogP contribution in [-0.2, 0) is 4.79 Å². The summed E-state index contributed by atoms with van der Waals surface area (Å²) in [6.45, 7) is 2.14. The second kappa shape index (κ2) is 12.0. The van der Waals surface area contributed by atoms with E-state index in [0.29, 0.717) is 6.04 Å². The molecule has 3 nitrogen and oxygen atoms in total. The summed E-state index contributed by atoms with van der Waals surface area (Å²) < 4.78 is 0. The lowest BCUT2D eigenvalue weighted by Crippen LogP contribution is -2.45. The molecule has 1 amide bonds. The van der Waals surface area contributed by atoms with Crippen LogP contribution in [0.1, 0.15) is 96.8 Å². The van der Waals surface area contributed by atoms with Crippen molar-refractivity contribution in [1.82, 2.24) is 5.32 Å². The van der Waals surface area contributed by atoms with Crippen LogP contribution in [-0.4, -0.2) is 18.0 Å². The maximum absolute atomic E-state index is 12.2. The lowest BCUT2D eigenvalue weighted by Gasteiger charge is -2.21. The van der Waals surface area contributed by atoms with Crippen LogP contribution in [0.5, 0.6) is 0 Å². The minimum Gasteiger partial charge on any atom is -0.352 e. The monoisotopic (exact) mass is 296 g/mol. The van der Waals surface area contributed by atoms with Crippen molar-refractivity contribution in [2.45, 2.75) is 109 Å². The summed E-state index contributed by atoms with van der Waals surface area (Å²) in [6.07, 6.45) is 17.2. The van der Waals surface area contributed by atoms with Gasteiger partial charge < -0.3 is 11.1 Å². The van der Waals surface area contributed by atoms with Gasteiger partial charge in [0.1, 0.15) is 0 Å². The molecule has 1 atom stereocenters. The minimum atomic E-state index is -0.314. The highest BCUT2D eigenvalue weighted by Crippen LogP contribution is 2.17. The number of carbonyl (C=O) groups is 1. The lowest BCUT2D eigenvalue weighted by molar-refractivity contribution is -0.123. The van der Waals surface area contributed by atoms with Gasteiger partial charge in [0.15, 0.2) is 0 Å². The zero-order chi connectivity index (χ0) is 15.3. The summed E-state index contributed by atoms with van der Waals surface area (Å²) in [5.41, 5.74) is 5.98. The molecule has 1 fully saturated rings. The first kappa shape index (κ1) is 18.5. The fraction of sp³-hybridized carbons (Fsp3) is 0.944. The topological polar surface area (TPSA) is 55.1 Å². The average Bonchev–Trinajstić information content (AvgIpc) is 2.47. The van der Waals surface area contributed by atoms with E-state index >= 15 is 0 Å². The number of nitrogens with two attached hydrogens (primary N) is 1. The smallest absolute Gasteiger partial charge is 0.237 e. The van der Waals surface area contributed by atoms with Crippen LogP contribution in [0.15, 0.2) is 0 Å². The van der Waals surface area contributed by atoms with Crippen molar-refractivity contribution in [2.75, 3.05) is 0 Å². The third kappa shape index (κ3) is 9.13. The molecule has 1 aliphatic carbocycles. The summed E-state index contributed by atoms with van der Waals surface area (Å²) >= 11 is 0. The van der Waals surface area contributed by atoms with Crippen molar-refractivity contribution < 1.29 is 4.79 Å². The molecule has 3 heteroatoms. The molecular weight excluding hydrogens is 260 g/mol. The van der Waals surface area contributed by atoms with E-state index in [0.717, 1.165) is 32.1 Å². The van der Waals surface area contributed by atoms with Gasteiger partial charge in [0, 0.05) is 6.04 Å². The van der Waals surface area contributed by atoms with E-state index in [4.69, 9.17) is 5.73 Å². The Morgan fingerprint density at radius 1 is 1.00 bits per heavy atom. The van der Waals surface area contributed by atoms with Crippen molar-refractivity contribution in [2.24, 2.45) is 5.73 Å². The third-order valence-electron chi connectivity index (χ3n) is 4.66. The summed E-state index contributed by atoms with van der Waals surface area (Å²) in [5.74, 6) is 0.0699. The lowest BCUT2D eigenvalue weighted by atomic mass is 9.97. The molecule has 0 bridgehead atoms. The quantitative estimate of drug-likeness (QED) is 0.795. The first-order valence-electron chi connectivity index (χ1n) is 9.30. The molecule has 0 aromatic heterocycles. The number of nitrogens with one attached hydrogen (secondary N) is 1. The van der Waals surface area contributed by atoms with Crippen LogP contribution in [0.4, 0.5) is 0 Å². The summed E-state index contributed by atoms with van der Waals surface area (Å²) in [4.78, 5) is 12.2. The fourth-order valence-corrected chi connectivity index (χ4v) is 3.17. The Labute approximate surface area is 131 Å². The number of carbonyl (C=O) groups excluding carboxylic acids is 1. The zero-order valence-corrected chi connectivity index (χ0v) is 14.0. The van der Waals surface area contributed by atoms with Crippen molar-refractivity contribution in [3.8, 4) is 0 Å². The molecule has 21 heavy (non-hydrogen) atoms. The highest BCUT2D eigenvalue weighted by molar-refractivity contribution is 5.81. The van der Waals surface area contributed by atoms with Crippen molar-refractivity contribution in [1.29, 1.82) is 0 Å². The number of rotatable bonds is 5. The number of hydrogen-bond donors (Lipinski definition) is 2. The summed E-state index contributed by atoms with van der Waals surface area (Å²) in [6, 6.07) is 0.0379. The Bertz CT molecular complexity index is 256. The SMILES string of the molecule is CCCCC(N)C(=O)NC1CCCCCCCCCCC1. The molecule has 0 aliphatic heterocycles. The van der Waals surface area contributed by atoms with Crippen molar-refractivity contribution in [3.63, 3.8) is 0 Å². The molecular formula is C18H36N2O. The Kier molecular flexibility index (Phi) is 10.6. The molecule has 0 heterocycles. The molecule has 0 saturated heterocycles. The standard InChI is InChI=1S/C18H36N2O/c1-2-3-15-17(19)18(21)20-16-13-11-9-7-5-4-6-8-10-12-14-16/h16-17H,2-15,19H2,1H3,(H,20,21). The van der Waals surface area contributed by atoms with E-state index in [9.17, 15) is 4.79 Å². The minimum absolute atomic E-state index is 0.0699. The zero-order valence-electron chi connectivity index (χ0n) is 14.0. The Balaban J connectivity index is 2.34. The molecule has 0 aromatic carbocycles. The van der Waals surface area contributed by atoms with Gasteiger partial charge in [0.05, 0.1) is 6.04 Å². The summed E-state index contributed by atoms with van der Waals surface area (Å²) in [5, 5.41) is 3.22. The van der Waals surface area contributed by atoms with Crippen molar-refractivity contribution in [3.05, 3.63) is 0 Å². The van der Waals surface area contributed by atoms with E-state index in [1.807, 2.05) is 0 Å². The van der Waals surface area contributed by atoms with Gasteiger partial charge in [-0.25, -0.2) is 0 Å². The van der Waals surface area contributed by atoms with Gasteiger partial charge in [-0.3, -0.25) is 4.79 Å². The molecule has 1 saturated carbocycles. The maximum atomic E-state index is 12.2. The number of unbranched alkanes of at least 4 members (excludes halogenated alkanes) is 1. The van der Waals surface area contributed by atoms with Gasteiger partial charge in [-0.1, -0.05) is 77.6 Å². The van der Waals surface area contributed by atoms with Gasteiger partial charge in [0.2, 0.25) is 5.91 Å². The predicted octanol–water partition coefficient (Wildman–Crippen LogP) is 4.29. The third-order valence-corrected chi connectivity index (χ3v) is 4.66. The molecule has 0 spiro atoms. The molecule has 124 valence electrons. The van der Waals surface area contributed by atoms with Gasteiger partial charge in [-0.2, -0.15) is 0 Å². The second-order valence-corrected chi connectivity index (χ2v) is 6.71. The second-order valence-electron chi connectivity index (χ2n) is 6.71. The van der Waals surface area contributed by atoms with Gasteiger partial charge in [-0.05, 0) is 19.3 Å². The Hall–Kier alpha value is -0.570. The molecule has 1 unspecified atom stereocenters. The van der Waals surface area contributed by atoms with Crippen LogP contribution in [0.3, 0.4) is 0 Å². The van der Waals surface area contributed by atoms with Gasteiger partial charge in [-0.15, -0.1) is 0 Å². The number of hydrogen-bond acceptors (Lipinski definition) is 2. The molecule has 3 N–H and O–H groups in total. The Morgan fingerprint density at radius 2 is 1.48 bits per heavy atom. The van der Waals surface area contributed by atoms with Gasteiger partial charge >= 0.3 is 0 Å². The first-order valence-corrected chi connectivity index (χ1v) is 9.30. The fourth-order valence-electron chi connectivity index (χ4n) is 3.17. The van der Waals surface area contributed by atoms with Crippen LogP contribution >= 0.6 is 0 Å². The van der Waals surface area contributed by atoms with E-state index in [1.54, 1.807) is 0 Å². The maximum Gasteiger partial charge on any atom is 0.237 e. The van der Waals surface area contributed by atoms with Crippen molar-refractivity contribution >= 4 is 5.91 Å². The summed E-state index contributed by atoms with van der Waals surface area (Å²) in [7, 11) is 0. The highest BCUT2D eigenvalue weighted by atomic mass is 16.2. The molecule has 0 radical (unpaired) electrons. The van der Waals surface area contributed by atoms with Crippen LogP contribution in [0, 0.1) is 0 Å². The van der Waals surface area contributed by atoms with E-state index in [1.165, 1.54) is 57.8 Å². The van der Waals surface area contributed by atoms with Gasteiger partial charge in [0.25, 0.3) is 0 Å². The largest absolute Gasteiger partial charge is 0.352 e. The molecule has 0 aromatic rings. The normalized spacial score (nSPS) is 21.0. The van der Waals surface area contributed by atoms with Crippen LogP contribution in [0.2, 0.25) is 0 Å². The van der Waals surface area contributed by atoms with E-state index in [-0.39, 0.29) is 11.9 Å². The molecule has 1 aliphatic rings. The average molecular weight is 296 g/mol. The number of amides is 1. The van der Waals surface area contributed by atoms with E-state index in [2.05, 4.69) is 12.2 Å². The van der Waals surface area contributed by atoms with E-state index < -0.39 is 0 Å².